The van der Waals surface area contributed by atoms with Crippen molar-refractivity contribution >= 4 is 10.9 Å². The molecule has 5 heteroatoms. The molecular weight excluding hydrogens is 326 g/mol. The van der Waals surface area contributed by atoms with Crippen LogP contribution in [0.2, 0.25) is 0 Å². The van der Waals surface area contributed by atoms with Crippen molar-refractivity contribution < 1.29 is 4.74 Å². The van der Waals surface area contributed by atoms with Crippen LogP contribution in [0, 0.1) is 5.92 Å². The average Bonchev–Trinajstić information content (AvgIpc) is 3.02. The summed E-state index contributed by atoms with van der Waals surface area (Å²) >= 11 is 0. The molecule has 0 saturated carbocycles. The van der Waals surface area contributed by atoms with Crippen LogP contribution >= 0.6 is 0 Å². The first kappa shape index (κ1) is 16.9. The summed E-state index contributed by atoms with van der Waals surface area (Å²) in [6.45, 7) is 5.22. The molecule has 26 heavy (non-hydrogen) atoms. The van der Waals surface area contributed by atoms with Crippen molar-refractivity contribution in [1.82, 2.24) is 14.9 Å². The number of hydrogen-bond donors (Lipinski definition) is 1. The maximum absolute atomic E-state index is 13.1. The van der Waals surface area contributed by atoms with Crippen molar-refractivity contribution in [3.8, 4) is 0 Å². The molecule has 4 rings (SSSR count). The highest BCUT2D eigenvalue weighted by molar-refractivity contribution is 5.77. The monoisotopic (exact) mass is 349 g/mol. The Bertz CT molecular complexity index is 966. The topological polar surface area (TPSA) is 56.1 Å². The molecule has 2 aromatic carbocycles. The molecule has 5 nitrogen and oxygen atoms in total. The van der Waals surface area contributed by atoms with E-state index >= 15 is 0 Å². The Labute approximate surface area is 152 Å². The summed E-state index contributed by atoms with van der Waals surface area (Å²) in [6, 6.07) is 17.6. The molecule has 0 aliphatic carbocycles. The van der Waals surface area contributed by atoms with Gasteiger partial charge in [0.1, 0.15) is 12.0 Å². The second kappa shape index (κ2) is 7.02. The number of nitrogens with one attached hydrogen (secondary N) is 1. The lowest BCUT2D eigenvalue weighted by atomic mass is 10.0. The number of fused-ring (bicyclic) bond motifs is 2. The highest BCUT2D eigenvalue weighted by Crippen LogP contribution is 2.30. The smallest absolute Gasteiger partial charge is 0.262 e. The van der Waals surface area contributed by atoms with E-state index in [1.54, 1.807) is 4.57 Å². The number of aromatic nitrogens is 2. The highest BCUT2D eigenvalue weighted by atomic mass is 16.5. The first-order valence-corrected chi connectivity index (χ1v) is 9.04. The summed E-state index contributed by atoms with van der Waals surface area (Å²) < 4.78 is 7.68. The Kier molecular flexibility index (Phi) is 4.57. The molecule has 1 aromatic heterocycles. The minimum atomic E-state index is -0.203. The van der Waals surface area contributed by atoms with E-state index in [1.807, 2.05) is 54.6 Å². The maximum Gasteiger partial charge on any atom is 0.262 e. The van der Waals surface area contributed by atoms with Crippen molar-refractivity contribution in [3.05, 3.63) is 76.3 Å². The lowest BCUT2D eigenvalue weighted by Crippen LogP contribution is -2.31. The van der Waals surface area contributed by atoms with Crippen molar-refractivity contribution in [1.29, 1.82) is 0 Å². The molecule has 0 saturated heterocycles. The van der Waals surface area contributed by atoms with Crippen LogP contribution in [-0.2, 0) is 11.3 Å². The summed E-state index contributed by atoms with van der Waals surface area (Å²) in [5, 5.41) is 4.18. The van der Waals surface area contributed by atoms with Gasteiger partial charge in [-0.1, -0.05) is 56.3 Å². The van der Waals surface area contributed by atoms with Crippen LogP contribution in [0.4, 0.5) is 0 Å². The zero-order chi connectivity index (χ0) is 18.1. The maximum atomic E-state index is 13.1. The average molecular weight is 349 g/mol. The second-order valence-corrected chi connectivity index (χ2v) is 7.07. The number of hydrogen-bond acceptors (Lipinski definition) is 4. The predicted molar refractivity (Wildman–Crippen MR) is 102 cm³/mol. The quantitative estimate of drug-likeness (QED) is 0.767. The second-order valence-electron chi connectivity index (χ2n) is 7.07. The predicted octanol–water partition coefficient (Wildman–Crippen LogP) is 3.41. The van der Waals surface area contributed by atoms with E-state index in [2.05, 4.69) is 19.2 Å². The highest BCUT2D eigenvalue weighted by Gasteiger charge is 2.34. The minimum absolute atomic E-state index is 0.00504. The minimum Gasteiger partial charge on any atom is -0.373 e. The Balaban J connectivity index is 1.64. The van der Waals surface area contributed by atoms with Gasteiger partial charge in [-0.05, 0) is 23.6 Å². The first-order chi connectivity index (χ1) is 12.6. The van der Waals surface area contributed by atoms with Crippen LogP contribution < -0.4 is 10.9 Å². The van der Waals surface area contributed by atoms with E-state index in [0.29, 0.717) is 24.5 Å². The lowest BCUT2D eigenvalue weighted by Gasteiger charge is -2.16. The Morgan fingerprint density at radius 1 is 1.12 bits per heavy atom. The van der Waals surface area contributed by atoms with Crippen molar-refractivity contribution in [3.63, 3.8) is 0 Å². The number of rotatable bonds is 5. The molecule has 0 spiro atoms. The van der Waals surface area contributed by atoms with Crippen LogP contribution in [0.5, 0.6) is 0 Å². The van der Waals surface area contributed by atoms with E-state index in [0.717, 1.165) is 16.9 Å². The van der Waals surface area contributed by atoms with E-state index in [4.69, 9.17) is 9.72 Å². The normalized spacial score (nSPS) is 19.2. The lowest BCUT2D eigenvalue weighted by molar-refractivity contribution is 0.0811. The molecule has 1 aliphatic heterocycles. The molecule has 1 N–H and O–H groups in total. The van der Waals surface area contributed by atoms with Crippen LogP contribution in [-0.4, -0.2) is 16.2 Å². The van der Waals surface area contributed by atoms with Gasteiger partial charge in [0.15, 0.2) is 0 Å². The van der Waals surface area contributed by atoms with Gasteiger partial charge in [-0.3, -0.25) is 14.7 Å². The number of para-hydroxylation sites is 1. The third-order valence-corrected chi connectivity index (χ3v) is 4.85. The number of ether oxygens (including phenoxy) is 1. The van der Waals surface area contributed by atoms with Crippen molar-refractivity contribution in [2.75, 3.05) is 6.61 Å². The largest absolute Gasteiger partial charge is 0.373 e. The molecule has 3 aromatic rings. The van der Waals surface area contributed by atoms with Gasteiger partial charge in [0.05, 0.1) is 30.2 Å². The van der Waals surface area contributed by atoms with Crippen molar-refractivity contribution in [2.24, 2.45) is 5.92 Å². The molecule has 0 amide bonds. The van der Waals surface area contributed by atoms with Gasteiger partial charge in [-0.15, -0.1) is 0 Å². The zero-order valence-electron chi connectivity index (χ0n) is 15.1. The van der Waals surface area contributed by atoms with Crippen molar-refractivity contribution in [2.45, 2.75) is 32.7 Å². The van der Waals surface area contributed by atoms with E-state index in [9.17, 15) is 4.79 Å². The molecular formula is C21H23N3O2. The van der Waals surface area contributed by atoms with Gasteiger partial charge in [0.25, 0.3) is 5.56 Å². The third kappa shape index (κ3) is 3.04. The standard InChI is InChI=1S/C21H23N3O2/c1-14(2)19-20-22-17-11-7-6-10-16(17)21(25)24(20)18(23-19)13-26-12-15-8-4-3-5-9-15/h3-11,14,18-19,23H,12-13H2,1-2H3/t18?,19-/m1/s1. The number of nitrogens with zero attached hydrogens (tertiary/aromatic N) is 2. The summed E-state index contributed by atoms with van der Waals surface area (Å²) in [4.78, 5) is 17.8. The summed E-state index contributed by atoms with van der Waals surface area (Å²) in [6.07, 6.45) is -0.203. The molecule has 0 bridgehead atoms. The SMILES string of the molecule is CC(C)[C@H]1NC(COCc2ccccc2)n2c1nc1ccccc1c2=O. The van der Waals surface area contributed by atoms with Gasteiger partial charge in [-0.25, -0.2) is 4.98 Å². The molecule has 0 fully saturated rings. The first-order valence-electron chi connectivity index (χ1n) is 9.04. The summed E-state index contributed by atoms with van der Waals surface area (Å²) in [5.74, 6) is 1.13. The molecule has 2 heterocycles. The fourth-order valence-electron chi connectivity index (χ4n) is 3.52. The molecule has 134 valence electrons. The van der Waals surface area contributed by atoms with Gasteiger partial charge in [-0.2, -0.15) is 0 Å². The van der Waals surface area contributed by atoms with Crippen LogP contribution in [0.25, 0.3) is 10.9 Å². The molecule has 0 radical (unpaired) electrons. The Morgan fingerprint density at radius 2 is 1.85 bits per heavy atom. The third-order valence-electron chi connectivity index (χ3n) is 4.85. The van der Waals surface area contributed by atoms with E-state index in [1.165, 1.54) is 0 Å². The summed E-state index contributed by atoms with van der Waals surface area (Å²) in [7, 11) is 0. The Hall–Kier alpha value is -2.50. The molecule has 1 aliphatic rings. The fourth-order valence-corrected chi connectivity index (χ4v) is 3.52. The molecule has 1 unspecified atom stereocenters. The van der Waals surface area contributed by atoms with E-state index < -0.39 is 0 Å². The van der Waals surface area contributed by atoms with Crippen LogP contribution in [0.3, 0.4) is 0 Å². The van der Waals surface area contributed by atoms with Gasteiger partial charge in [0, 0.05) is 0 Å². The number of benzene rings is 2. The fraction of sp³-hybridized carbons (Fsp3) is 0.333. The van der Waals surface area contributed by atoms with Gasteiger partial charge < -0.3 is 4.74 Å². The van der Waals surface area contributed by atoms with Crippen LogP contribution in [0.15, 0.2) is 59.4 Å². The summed E-state index contributed by atoms with van der Waals surface area (Å²) in [5.41, 5.74) is 1.87. The zero-order valence-corrected chi connectivity index (χ0v) is 15.1. The molecule has 2 atom stereocenters. The van der Waals surface area contributed by atoms with Crippen LogP contribution in [0.1, 0.15) is 37.4 Å². The Morgan fingerprint density at radius 3 is 2.62 bits per heavy atom. The van der Waals surface area contributed by atoms with Gasteiger partial charge in [0.2, 0.25) is 0 Å². The van der Waals surface area contributed by atoms with Gasteiger partial charge >= 0.3 is 0 Å². The van der Waals surface area contributed by atoms with E-state index in [-0.39, 0.29) is 17.8 Å².